The van der Waals surface area contributed by atoms with Gasteiger partial charge in [-0.05, 0) is 43.4 Å². The summed E-state index contributed by atoms with van der Waals surface area (Å²) >= 11 is 0.973. The van der Waals surface area contributed by atoms with Gasteiger partial charge in [-0.2, -0.15) is 10.2 Å². The van der Waals surface area contributed by atoms with Crippen LogP contribution in [0.15, 0.2) is 6.20 Å². The summed E-state index contributed by atoms with van der Waals surface area (Å²) in [5.41, 5.74) is 8.29. The van der Waals surface area contributed by atoms with Crippen molar-refractivity contribution in [3.05, 3.63) is 34.5 Å². The monoisotopic (exact) mass is 676 g/mol. The van der Waals surface area contributed by atoms with E-state index in [2.05, 4.69) is 53.6 Å². The Labute approximate surface area is 285 Å². The van der Waals surface area contributed by atoms with Gasteiger partial charge < -0.3 is 25.2 Å². The molecule has 2 bridgehead atoms. The van der Waals surface area contributed by atoms with E-state index in [4.69, 9.17) is 20.4 Å². The van der Waals surface area contributed by atoms with Gasteiger partial charge in [-0.25, -0.2) is 13.8 Å². The largest absolute Gasteiger partial charge is 0.389 e. The van der Waals surface area contributed by atoms with Crippen LogP contribution in [0.1, 0.15) is 83.4 Å². The molecule has 0 spiro atoms. The van der Waals surface area contributed by atoms with Crippen LogP contribution in [0.4, 0.5) is 25.5 Å². The third-order valence-electron chi connectivity index (χ3n) is 9.93. The first-order valence-electron chi connectivity index (χ1n) is 17.4. The summed E-state index contributed by atoms with van der Waals surface area (Å²) in [6.07, 6.45) is 6.86. The number of nitrogens with zero attached hydrogens (tertiary/aromatic N) is 7. The van der Waals surface area contributed by atoms with Crippen molar-refractivity contribution in [2.24, 2.45) is 5.92 Å². The van der Waals surface area contributed by atoms with E-state index in [-0.39, 0.29) is 62.7 Å². The number of piperazine rings is 1. The number of benzene rings is 1. The number of unbranched alkanes of at least 4 members (excludes halogenated alkanes) is 1. The molecule has 4 aliphatic rings. The Hall–Kier alpha value is -3.66. The highest BCUT2D eigenvalue weighted by Crippen LogP contribution is 2.48. The molecule has 4 aromatic rings. The Bertz CT molecular complexity index is 1860. The third-order valence-corrected chi connectivity index (χ3v) is 11.0. The van der Waals surface area contributed by atoms with Gasteiger partial charge in [0.05, 0.1) is 40.8 Å². The lowest BCUT2D eigenvalue weighted by Crippen LogP contribution is -2.53. The molecule has 8 rings (SSSR count). The van der Waals surface area contributed by atoms with Crippen LogP contribution in [0.5, 0.6) is 0 Å². The van der Waals surface area contributed by atoms with Gasteiger partial charge in [0, 0.05) is 49.2 Å². The summed E-state index contributed by atoms with van der Waals surface area (Å²) in [7, 11) is 2.15. The summed E-state index contributed by atoms with van der Waals surface area (Å²) in [6.45, 7) is 14.5. The van der Waals surface area contributed by atoms with Crippen molar-refractivity contribution < 1.29 is 13.5 Å². The smallest absolute Gasteiger partial charge is 0.228 e. The normalized spacial score (nSPS) is 21.6. The van der Waals surface area contributed by atoms with Gasteiger partial charge in [-0.1, -0.05) is 47.5 Å². The van der Waals surface area contributed by atoms with Crippen LogP contribution in [0.25, 0.3) is 32.2 Å². The Morgan fingerprint density at radius 3 is 2.33 bits per heavy atom. The number of likely N-dealkylation sites (tertiary alicyclic amines) is 1. The Kier molecular flexibility index (Phi) is 10.0. The average molecular weight is 677 g/mol. The number of nitrogens with two attached hydrogens (primary N) is 1. The van der Waals surface area contributed by atoms with Gasteiger partial charge in [0.15, 0.2) is 11.6 Å². The van der Waals surface area contributed by atoms with Crippen LogP contribution in [-0.2, 0) is 18.0 Å². The molecule has 0 radical (unpaired) electrons. The van der Waals surface area contributed by atoms with Crippen molar-refractivity contribution in [3.63, 3.8) is 0 Å². The molecule has 3 aromatic heterocycles. The van der Waals surface area contributed by atoms with Crippen molar-refractivity contribution in [3.8, 4) is 17.3 Å². The number of nitriles is 1. The topological polar surface area (TPSA) is 107 Å². The van der Waals surface area contributed by atoms with Gasteiger partial charge >= 0.3 is 0 Å². The fraction of sp³-hybridized carbons (Fsp3) is 0.556. The molecule has 1 aromatic carbocycles. The van der Waals surface area contributed by atoms with Gasteiger partial charge in [0.2, 0.25) is 5.95 Å². The molecule has 0 aliphatic carbocycles. The number of aromatic nitrogens is 3. The minimum absolute atomic E-state index is 0.105. The molecule has 9 nitrogen and oxygen atoms in total. The molecule has 256 valence electrons. The van der Waals surface area contributed by atoms with Crippen LogP contribution >= 0.6 is 11.3 Å². The molecule has 3 atom stereocenters. The Morgan fingerprint density at radius 1 is 1.02 bits per heavy atom. The quantitative estimate of drug-likeness (QED) is 0.233. The second-order valence-electron chi connectivity index (χ2n) is 13.2. The fourth-order valence-corrected chi connectivity index (χ4v) is 8.46. The first-order chi connectivity index (χ1) is 23.2. The lowest BCUT2D eigenvalue weighted by atomic mass is 9.93. The average Bonchev–Trinajstić information content (AvgIpc) is 3.88. The summed E-state index contributed by atoms with van der Waals surface area (Å²) in [6, 6.07) is 2.65. The van der Waals surface area contributed by atoms with E-state index in [9.17, 15) is 9.65 Å². The number of ether oxygens (including phenoxy) is 1. The number of rotatable bonds is 4. The van der Waals surface area contributed by atoms with Crippen molar-refractivity contribution in [1.82, 2.24) is 19.9 Å². The van der Waals surface area contributed by atoms with E-state index in [1.165, 1.54) is 12.8 Å². The standard InChI is InChI=1S/C30H30F2N8OS.C4H10.C2H6/c1-14-5-6-39(9-14)30-36-26-23(29(37-30)40-15-3-4-16(40)11-38(2)10-15)19-13-41-12-18(19)21(24(26)32)25-22-17(7-33)28(34)42-27(22)20(31)8-35-25;1-3-4-2;1-2/h8,14-16H,3-6,9-13,34H2,1-2H3;3-4H2,1-2H3;1-2H3. The van der Waals surface area contributed by atoms with Gasteiger partial charge in [-0.3, -0.25) is 4.98 Å². The molecule has 3 unspecified atom stereocenters. The zero-order valence-corrected chi connectivity index (χ0v) is 29.7. The van der Waals surface area contributed by atoms with Crippen molar-refractivity contribution in [1.29, 1.82) is 5.26 Å². The number of thiophene rings is 1. The second-order valence-corrected chi connectivity index (χ2v) is 14.2. The van der Waals surface area contributed by atoms with E-state index in [0.717, 1.165) is 74.4 Å². The Morgan fingerprint density at radius 2 is 1.71 bits per heavy atom. The SMILES string of the molecule is CC.CC1CCN(c2nc(N3C4CCC3CN(C)C4)c3c4c(c(-c5ncc(F)c6sc(N)c(C#N)c56)c(F)c3n2)COC4)C1.CCCC. The lowest BCUT2D eigenvalue weighted by Gasteiger charge is -2.41. The highest BCUT2D eigenvalue weighted by atomic mass is 32.1. The zero-order valence-electron chi connectivity index (χ0n) is 28.9. The predicted octanol–water partition coefficient (Wildman–Crippen LogP) is 7.63. The number of nitrogen functional groups attached to an aromatic ring is 1. The summed E-state index contributed by atoms with van der Waals surface area (Å²) in [5, 5.41) is 11.0. The first kappa shape index (κ1) is 34.2. The summed E-state index contributed by atoms with van der Waals surface area (Å²) < 4.78 is 38.2. The maximum atomic E-state index is 17.2. The summed E-state index contributed by atoms with van der Waals surface area (Å²) in [5.74, 6) is 0.644. The number of pyridine rings is 1. The molecule has 3 saturated heterocycles. The van der Waals surface area contributed by atoms with Crippen molar-refractivity contribution in [2.75, 3.05) is 48.8 Å². The molecular formula is C36H46F2N8OS. The van der Waals surface area contributed by atoms with Crippen LogP contribution in [-0.4, -0.2) is 65.2 Å². The lowest BCUT2D eigenvalue weighted by molar-refractivity contribution is 0.135. The fourth-order valence-electron chi connectivity index (χ4n) is 7.54. The van der Waals surface area contributed by atoms with Gasteiger partial charge in [0.1, 0.15) is 22.4 Å². The van der Waals surface area contributed by atoms with Crippen LogP contribution in [0.2, 0.25) is 0 Å². The molecule has 7 heterocycles. The molecule has 2 N–H and O–H groups in total. The molecule has 3 fully saturated rings. The van der Waals surface area contributed by atoms with E-state index < -0.39 is 11.6 Å². The number of anilines is 3. The minimum Gasteiger partial charge on any atom is -0.389 e. The molecule has 4 aliphatic heterocycles. The first-order valence-corrected chi connectivity index (χ1v) is 18.2. The van der Waals surface area contributed by atoms with E-state index in [1.807, 2.05) is 13.8 Å². The number of likely N-dealkylation sites (N-methyl/N-ethyl adjacent to an activating group) is 1. The Balaban J connectivity index is 0.000000625. The van der Waals surface area contributed by atoms with Crippen molar-refractivity contribution in [2.45, 2.75) is 92.0 Å². The van der Waals surface area contributed by atoms with Gasteiger partial charge in [-0.15, -0.1) is 11.3 Å². The van der Waals surface area contributed by atoms with E-state index in [1.54, 1.807) is 0 Å². The van der Waals surface area contributed by atoms with Crippen LogP contribution in [0.3, 0.4) is 0 Å². The molecule has 48 heavy (non-hydrogen) atoms. The van der Waals surface area contributed by atoms with E-state index >= 15 is 4.39 Å². The number of hydrogen-bond donors (Lipinski definition) is 1. The molecule has 0 amide bonds. The number of hydrogen-bond acceptors (Lipinski definition) is 10. The predicted molar refractivity (Wildman–Crippen MR) is 190 cm³/mol. The van der Waals surface area contributed by atoms with Crippen LogP contribution < -0.4 is 15.5 Å². The van der Waals surface area contributed by atoms with Crippen molar-refractivity contribution >= 4 is 49.1 Å². The van der Waals surface area contributed by atoms with E-state index in [0.29, 0.717) is 22.8 Å². The highest BCUT2D eigenvalue weighted by Gasteiger charge is 2.42. The maximum Gasteiger partial charge on any atom is 0.228 e. The molecule has 0 saturated carbocycles. The van der Waals surface area contributed by atoms with Crippen LogP contribution in [0, 0.1) is 28.9 Å². The van der Waals surface area contributed by atoms with Gasteiger partial charge in [0.25, 0.3) is 0 Å². The highest BCUT2D eigenvalue weighted by molar-refractivity contribution is 7.23. The zero-order chi connectivity index (χ0) is 34.3. The minimum atomic E-state index is -0.596. The maximum absolute atomic E-state index is 17.2. The number of fused-ring (bicyclic) bond motifs is 6. The molecule has 12 heteroatoms. The second kappa shape index (κ2) is 14.1. The third kappa shape index (κ3) is 5.73. The molecular weight excluding hydrogens is 631 g/mol. The summed E-state index contributed by atoms with van der Waals surface area (Å²) in [4.78, 5) is 21.4. The number of halogens is 2.